The lowest BCUT2D eigenvalue weighted by Crippen LogP contribution is -2.42. The van der Waals surface area contributed by atoms with Gasteiger partial charge in [-0.2, -0.15) is 0 Å². The van der Waals surface area contributed by atoms with Crippen LogP contribution < -0.4 is 0 Å². The second kappa shape index (κ2) is 5.35. The minimum Gasteiger partial charge on any atom is -0.481 e. The molecular formula is C7H17ClNO3+. The van der Waals surface area contributed by atoms with Gasteiger partial charge >= 0.3 is 5.97 Å². The van der Waals surface area contributed by atoms with Gasteiger partial charge in [0, 0.05) is 0 Å². The van der Waals surface area contributed by atoms with Gasteiger partial charge in [0.1, 0.15) is 12.6 Å². The third-order valence-electron chi connectivity index (χ3n) is 1.17. The lowest BCUT2D eigenvalue weighted by atomic mass is 10.2. The largest absolute Gasteiger partial charge is 0.481 e. The van der Waals surface area contributed by atoms with Crippen LogP contribution in [0.4, 0.5) is 0 Å². The monoisotopic (exact) mass is 198 g/mol. The van der Waals surface area contributed by atoms with E-state index in [9.17, 15) is 4.79 Å². The number of hydrogen-bond acceptors (Lipinski definition) is 2. The topological polar surface area (TPSA) is 57.5 Å². The summed E-state index contributed by atoms with van der Waals surface area (Å²) in [6.45, 7) is 0.465. The quantitative estimate of drug-likeness (QED) is 0.623. The average molecular weight is 199 g/mol. The number of carboxylic acids is 1. The minimum atomic E-state index is -0.953. The van der Waals surface area contributed by atoms with Crippen LogP contribution in [-0.2, 0) is 4.79 Å². The molecule has 0 aliphatic rings. The average Bonchev–Trinajstić information content (AvgIpc) is 1.53. The number of rotatable bonds is 4. The summed E-state index contributed by atoms with van der Waals surface area (Å²) in [5.74, 6) is -0.953. The summed E-state index contributed by atoms with van der Waals surface area (Å²) < 4.78 is 0.578. The second-order valence-corrected chi connectivity index (χ2v) is 3.72. The molecule has 0 fully saturated rings. The van der Waals surface area contributed by atoms with Gasteiger partial charge in [-0.3, -0.25) is 4.79 Å². The van der Waals surface area contributed by atoms with Crippen LogP contribution in [-0.4, -0.2) is 54.5 Å². The van der Waals surface area contributed by atoms with E-state index in [0.29, 0.717) is 11.0 Å². The first-order chi connectivity index (χ1) is 4.81. The Morgan fingerprint density at radius 2 is 1.83 bits per heavy atom. The van der Waals surface area contributed by atoms with Gasteiger partial charge in [-0.15, -0.1) is 12.4 Å². The Labute approximate surface area is 78.8 Å². The van der Waals surface area contributed by atoms with Crippen molar-refractivity contribution < 1.29 is 19.5 Å². The van der Waals surface area contributed by atoms with Gasteiger partial charge < -0.3 is 14.7 Å². The molecule has 0 aromatic rings. The van der Waals surface area contributed by atoms with Crippen LogP contribution in [0.1, 0.15) is 6.42 Å². The van der Waals surface area contributed by atoms with E-state index < -0.39 is 12.1 Å². The van der Waals surface area contributed by atoms with Gasteiger partial charge in [-0.05, 0) is 0 Å². The fourth-order valence-electron chi connectivity index (χ4n) is 0.898. The highest BCUT2D eigenvalue weighted by molar-refractivity contribution is 5.85. The Hall–Kier alpha value is -0.320. The maximum absolute atomic E-state index is 10.1. The Bertz CT molecular complexity index is 144. The number of nitrogens with zero attached hydrogens (tertiary/aromatic N) is 1. The summed E-state index contributed by atoms with van der Waals surface area (Å²) in [7, 11) is 5.72. The van der Waals surface area contributed by atoms with Crippen molar-refractivity contribution >= 4 is 18.4 Å². The molecule has 5 heteroatoms. The van der Waals surface area contributed by atoms with Crippen LogP contribution in [0.5, 0.6) is 0 Å². The van der Waals surface area contributed by atoms with Crippen LogP contribution in [0.3, 0.4) is 0 Å². The van der Waals surface area contributed by atoms with E-state index in [4.69, 9.17) is 10.2 Å². The molecule has 0 bridgehead atoms. The van der Waals surface area contributed by atoms with Crippen molar-refractivity contribution in [3.8, 4) is 0 Å². The van der Waals surface area contributed by atoms with E-state index in [1.165, 1.54) is 0 Å². The summed E-state index contributed by atoms with van der Waals surface area (Å²) >= 11 is 0. The Morgan fingerprint density at radius 3 is 2.08 bits per heavy atom. The molecule has 0 aliphatic carbocycles. The molecule has 0 spiro atoms. The number of carbonyl (C=O) groups is 1. The van der Waals surface area contributed by atoms with Crippen LogP contribution in [0.25, 0.3) is 0 Å². The Kier molecular flexibility index (Phi) is 6.34. The smallest absolute Gasteiger partial charge is 0.306 e. The highest BCUT2D eigenvalue weighted by Crippen LogP contribution is 1.98. The molecule has 0 saturated carbocycles. The minimum absolute atomic E-state index is 0. The zero-order chi connectivity index (χ0) is 9.07. The van der Waals surface area contributed by atoms with Gasteiger partial charge in [0.2, 0.25) is 0 Å². The maximum Gasteiger partial charge on any atom is 0.306 e. The molecule has 0 rings (SSSR count). The van der Waals surface area contributed by atoms with E-state index in [1.807, 2.05) is 21.1 Å². The third kappa shape index (κ3) is 9.68. The molecule has 0 aromatic carbocycles. The van der Waals surface area contributed by atoms with E-state index in [1.54, 1.807) is 0 Å². The molecule has 0 saturated heterocycles. The van der Waals surface area contributed by atoms with E-state index in [-0.39, 0.29) is 18.8 Å². The van der Waals surface area contributed by atoms with Crippen LogP contribution in [0.2, 0.25) is 0 Å². The number of carboxylic acid groups (broad SMARTS) is 1. The van der Waals surface area contributed by atoms with Crippen LogP contribution in [0.15, 0.2) is 0 Å². The number of aliphatic carboxylic acids is 1. The molecule has 0 heterocycles. The van der Waals surface area contributed by atoms with Gasteiger partial charge in [0.05, 0.1) is 27.6 Å². The summed E-state index contributed by atoms with van der Waals surface area (Å²) in [5, 5.41) is 17.5. The lowest BCUT2D eigenvalue weighted by Gasteiger charge is -2.25. The number of halogens is 1. The summed E-state index contributed by atoms with van der Waals surface area (Å²) in [5.41, 5.74) is 0. The molecule has 0 amide bonds. The summed E-state index contributed by atoms with van der Waals surface area (Å²) in [6.07, 6.45) is -0.914. The Morgan fingerprint density at radius 1 is 1.42 bits per heavy atom. The van der Waals surface area contributed by atoms with Crippen molar-refractivity contribution in [3.05, 3.63) is 0 Å². The fraction of sp³-hybridized carbons (Fsp3) is 0.857. The van der Waals surface area contributed by atoms with Gasteiger partial charge in [-0.25, -0.2) is 0 Å². The fourth-order valence-corrected chi connectivity index (χ4v) is 0.898. The van der Waals surface area contributed by atoms with Crippen molar-refractivity contribution in [2.45, 2.75) is 12.5 Å². The van der Waals surface area contributed by atoms with Crippen molar-refractivity contribution in [2.75, 3.05) is 27.7 Å². The molecule has 12 heavy (non-hydrogen) atoms. The van der Waals surface area contributed by atoms with Crippen LogP contribution in [0, 0.1) is 0 Å². The predicted octanol–water partition coefficient (Wildman–Crippen LogP) is -0.0500. The summed E-state index contributed by atoms with van der Waals surface area (Å²) in [6, 6.07) is 0. The highest BCUT2D eigenvalue weighted by atomic mass is 35.5. The zero-order valence-electron chi connectivity index (χ0n) is 7.65. The van der Waals surface area contributed by atoms with Crippen molar-refractivity contribution in [1.82, 2.24) is 0 Å². The molecule has 0 aromatic heterocycles. The molecule has 2 N–H and O–H groups in total. The van der Waals surface area contributed by atoms with E-state index in [0.717, 1.165) is 0 Å². The number of aliphatic hydroxyl groups excluding tert-OH is 1. The molecule has 74 valence electrons. The molecule has 1 atom stereocenters. The van der Waals surface area contributed by atoms with Gasteiger partial charge in [-0.1, -0.05) is 0 Å². The second-order valence-electron chi connectivity index (χ2n) is 3.72. The van der Waals surface area contributed by atoms with E-state index in [2.05, 4.69) is 0 Å². The number of hydrogen-bond donors (Lipinski definition) is 2. The van der Waals surface area contributed by atoms with E-state index >= 15 is 0 Å². The molecule has 0 aliphatic heterocycles. The highest BCUT2D eigenvalue weighted by Gasteiger charge is 2.17. The molecular weight excluding hydrogens is 182 g/mol. The SMILES string of the molecule is C[N+](C)(C)C[C@H](O)CC(=O)O.Cl. The third-order valence-corrected chi connectivity index (χ3v) is 1.17. The molecule has 0 unspecified atom stereocenters. The molecule has 0 radical (unpaired) electrons. The van der Waals surface area contributed by atoms with Crippen molar-refractivity contribution in [2.24, 2.45) is 0 Å². The van der Waals surface area contributed by atoms with Gasteiger partial charge in [0.15, 0.2) is 0 Å². The van der Waals surface area contributed by atoms with Crippen LogP contribution >= 0.6 is 12.4 Å². The Balaban J connectivity index is 0. The zero-order valence-corrected chi connectivity index (χ0v) is 8.47. The first-order valence-corrected chi connectivity index (χ1v) is 3.51. The maximum atomic E-state index is 10.1. The number of quaternary nitrogens is 1. The number of likely N-dealkylation sites (N-methyl/N-ethyl adjacent to an activating group) is 1. The van der Waals surface area contributed by atoms with Gasteiger partial charge in [0.25, 0.3) is 0 Å². The normalized spacial score (nSPS) is 13.3. The molecule has 4 nitrogen and oxygen atoms in total. The van der Waals surface area contributed by atoms with Crippen molar-refractivity contribution in [3.63, 3.8) is 0 Å². The standard InChI is InChI=1S/C7H15NO3.ClH/c1-8(2,3)5-6(9)4-7(10)11;/h6,9H,4-5H2,1-3H3;1H/p+1/t6-;/m1./s1. The number of aliphatic hydroxyl groups is 1. The lowest BCUT2D eigenvalue weighted by molar-refractivity contribution is -0.873. The predicted molar refractivity (Wildman–Crippen MR) is 48.4 cm³/mol. The summed E-state index contributed by atoms with van der Waals surface area (Å²) in [4.78, 5) is 10.1. The van der Waals surface area contributed by atoms with Crippen molar-refractivity contribution in [1.29, 1.82) is 0 Å². The first-order valence-electron chi connectivity index (χ1n) is 3.51. The first kappa shape index (κ1) is 14.2.